The van der Waals surface area contributed by atoms with Crippen molar-refractivity contribution in [2.24, 2.45) is 0 Å². The summed E-state index contributed by atoms with van der Waals surface area (Å²) in [5.41, 5.74) is 1.35. The Kier molecular flexibility index (Phi) is 5.60. The Labute approximate surface area is 158 Å². The smallest absolute Gasteiger partial charge is 0.291 e. The number of carbonyl (C=O) groups excluding carboxylic acids is 2. The minimum atomic E-state index is -0.518. The van der Waals surface area contributed by atoms with Gasteiger partial charge in [-0.25, -0.2) is 0 Å². The van der Waals surface area contributed by atoms with E-state index in [2.05, 4.69) is 31.5 Å². The number of hydrogen-bond donors (Lipinski definition) is 2. The first-order valence-electron chi connectivity index (χ1n) is 7.65. The summed E-state index contributed by atoms with van der Waals surface area (Å²) in [7, 11) is 0. The highest BCUT2D eigenvalue weighted by Gasteiger charge is 2.16. The minimum absolute atomic E-state index is 0.0716. The quantitative estimate of drug-likeness (QED) is 0.624. The van der Waals surface area contributed by atoms with E-state index in [1.807, 2.05) is 12.1 Å². The number of rotatable bonds is 5. The number of aromatic nitrogens is 1. The molecule has 0 saturated heterocycles. The van der Waals surface area contributed by atoms with E-state index in [0.717, 1.165) is 4.47 Å². The van der Waals surface area contributed by atoms with Crippen LogP contribution in [0.2, 0.25) is 0 Å². The molecule has 0 bridgehead atoms. The van der Waals surface area contributed by atoms with Crippen LogP contribution in [-0.2, 0) is 4.79 Å². The van der Waals surface area contributed by atoms with Gasteiger partial charge in [-0.05, 0) is 54.1 Å². The van der Waals surface area contributed by atoms with Crippen molar-refractivity contribution in [3.63, 3.8) is 0 Å². The van der Waals surface area contributed by atoms with Crippen LogP contribution in [0.4, 0.5) is 5.69 Å². The molecule has 1 aromatic carbocycles. The molecule has 0 radical (unpaired) electrons. The van der Waals surface area contributed by atoms with Crippen molar-refractivity contribution in [3.05, 3.63) is 88.7 Å². The summed E-state index contributed by atoms with van der Waals surface area (Å²) in [5, 5.41) is 5.32. The van der Waals surface area contributed by atoms with Crippen molar-refractivity contribution in [3.8, 4) is 0 Å². The molecule has 0 spiro atoms. The van der Waals surface area contributed by atoms with Crippen LogP contribution in [-0.4, -0.2) is 16.8 Å². The molecular weight excluding hydrogens is 398 g/mol. The Bertz CT molecular complexity index is 920. The standard InChI is InChI=1S/C19H14BrN3O3/c20-14-5-7-15(8-6-14)22-18(24)16(11-13-3-1-9-21-12-13)23-19(25)17-4-2-10-26-17/h1-12H,(H,22,24)(H,23,25). The molecule has 2 N–H and O–H groups in total. The molecule has 3 rings (SSSR count). The van der Waals surface area contributed by atoms with Crippen molar-refractivity contribution in [2.45, 2.75) is 0 Å². The number of amides is 2. The lowest BCUT2D eigenvalue weighted by molar-refractivity contribution is -0.113. The van der Waals surface area contributed by atoms with Gasteiger partial charge in [-0.3, -0.25) is 14.6 Å². The molecule has 0 saturated carbocycles. The lowest BCUT2D eigenvalue weighted by Crippen LogP contribution is -2.30. The normalized spacial score (nSPS) is 11.0. The van der Waals surface area contributed by atoms with E-state index in [-0.39, 0.29) is 11.5 Å². The molecule has 26 heavy (non-hydrogen) atoms. The van der Waals surface area contributed by atoms with E-state index in [1.165, 1.54) is 12.3 Å². The van der Waals surface area contributed by atoms with Gasteiger partial charge in [0.1, 0.15) is 5.70 Å². The highest BCUT2D eigenvalue weighted by molar-refractivity contribution is 9.10. The number of nitrogens with zero attached hydrogens (tertiary/aromatic N) is 1. The van der Waals surface area contributed by atoms with Gasteiger partial charge in [0.25, 0.3) is 11.8 Å². The summed E-state index contributed by atoms with van der Waals surface area (Å²) < 4.78 is 5.97. The Hall–Kier alpha value is -3.19. The van der Waals surface area contributed by atoms with Gasteiger partial charge in [0.2, 0.25) is 0 Å². The maximum absolute atomic E-state index is 12.7. The second-order valence-corrected chi connectivity index (χ2v) is 6.15. The van der Waals surface area contributed by atoms with Crippen LogP contribution in [0.1, 0.15) is 16.1 Å². The number of anilines is 1. The SMILES string of the molecule is O=C(Nc1ccc(Br)cc1)C(=Cc1cccnc1)NC(=O)c1ccco1. The zero-order valence-electron chi connectivity index (χ0n) is 13.5. The monoisotopic (exact) mass is 411 g/mol. The maximum Gasteiger partial charge on any atom is 0.291 e. The third-order valence-corrected chi connectivity index (χ3v) is 3.86. The summed E-state index contributed by atoms with van der Waals surface area (Å²) in [6.07, 6.45) is 6.15. The van der Waals surface area contributed by atoms with Crippen molar-refractivity contribution >= 4 is 39.5 Å². The number of carbonyl (C=O) groups is 2. The minimum Gasteiger partial charge on any atom is -0.459 e. The maximum atomic E-state index is 12.7. The highest BCUT2D eigenvalue weighted by Crippen LogP contribution is 2.15. The molecular formula is C19H14BrN3O3. The van der Waals surface area contributed by atoms with Gasteiger partial charge in [0.15, 0.2) is 5.76 Å². The molecule has 130 valence electrons. The van der Waals surface area contributed by atoms with Gasteiger partial charge in [-0.2, -0.15) is 0 Å². The first-order chi connectivity index (χ1) is 12.6. The summed E-state index contributed by atoms with van der Waals surface area (Å²) in [5.74, 6) is -0.870. The molecule has 2 amide bonds. The average molecular weight is 412 g/mol. The lowest BCUT2D eigenvalue weighted by Gasteiger charge is -2.10. The summed E-state index contributed by atoms with van der Waals surface area (Å²) in [6.45, 7) is 0. The Balaban J connectivity index is 1.84. The summed E-state index contributed by atoms with van der Waals surface area (Å²) in [4.78, 5) is 28.9. The Morgan fingerprint density at radius 1 is 1.08 bits per heavy atom. The molecule has 0 unspecified atom stereocenters. The van der Waals surface area contributed by atoms with Gasteiger partial charge >= 0.3 is 0 Å². The number of pyridine rings is 1. The van der Waals surface area contributed by atoms with E-state index < -0.39 is 11.8 Å². The van der Waals surface area contributed by atoms with Gasteiger partial charge in [-0.1, -0.05) is 22.0 Å². The van der Waals surface area contributed by atoms with Crippen LogP contribution in [0, 0.1) is 0 Å². The number of hydrogen-bond acceptors (Lipinski definition) is 4. The molecule has 0 aliphatic rings. The largest absolute Gasteiger partial charge is 0.459 e. The summed E-state index contributed by atoms with van der Waals surface area (Å²) >= 11 is 3.34. The number of benzene rings is 1. The van der Waals surface area contributed by atoms with Crippen LogP contribution in [0.5, 0.6) is 0 Å². The molecule has 0 atom stereocenters. The zero-order valence-corrected chi connectivity index (χ0v) is 15.1. The fourth-order valence-corrected chi connectivity index (χ4v) is 2.37. The highest BCUT2D eigenvalue weighted by atomic mass is 79.9. The zero-order chi connectivity index (χ0) is 18.4. The number of furan rings is 1. The van der Waals surface area contributed by atoms with E-state index >= 15 is 0 Å². The predicted molar refractivity (Wildman–Crippen MR) is 101 cm³/mol. The summed E-state index contributed by atoms with van der Waals surface area (Å²) in [6, 6.07) is 13.7. The fourth-order valence-electron chi connectivity index (χ4n) is 2.11. The van der Waals surface area contributed by atoms with E-state index in [0.29, 0.717) is 11.3 Å². The van der Waals surface area contributed by atoms with Gasteiger partial charge in [0.05, 0.1) is 6.26 Å². The van der Waals surface area contributed by atoms with Crippen molar-refractivity contribution < 1.29 is 14.0 Å². The third kappa shape index (κ3) is 4.67. The molecule has 0 fully saturated rings. The van der Waals surface area contributed by atoms with Crippen molar-refractivity contribution in [2.75, 3.05) is 5.32 Å². The van der Waals surface area contributed by atoms with Crippen LogP contribution in [0.25, 0.3) is 6.08 Å². The number of halogens is 1. The predicted octanol–water partition coefficient (Wildman–Crippen LogP) is 3.85. The van der Waals surface area contributed by atoms with Crippen molar-refractivity contribution in [1.29, 1.82) is 0 Å². The first kappa shape index (κ1) is 17.6. The molecule has 2 aromatic heterocycles. The Morgan fingerprint density at radius 3 is 2.54 bits per heavy atom. The van der Waals surface area contributed by atoms with E-state index in [4.69, 9.17) is 4.42 Å². The fraction of sp³-hybridized carbons (Fsp3) is 0. The molecule has 0 aliphatic heterocycles. The second-order valence-electron chi connectivity index (χ2n) is 5.24. The van der Waals surface area contributed by atoms with Gasteiger partial charge < -0.3 is 15.1 Å². The van der Waals surface area contributed by atoms with E-state index in [1.54, 1.807) is 48.8 Å². The lowest BCUT2D eigenvalue weighted by atomic mass is 10.2. The molecule has 7 heteroatoms. The second kappa shape index (κ2) is 8.26. The molecule has 2 heterocycles. The Morgan fingerprint density at radius 2 is 1.88 bits per heavy atom. The van der Waals surface area contributed by atoms with Crippen LogP contribution < -0.4 is 10.6 Å². The van der Waals surface area contributed by atoms with E-state index in [9.17, 15) is 9.59 Å². The van der Waals surface area contributed by atoms with Gasteiger partial charge in [-0.15, -0.1) is 0 Å². The van der Waals surface area contributed by atoms with Crippen LogP contribution in [0.15, 0.2) is 81.8 Å². The first-order valence-corrected chi connectivity index (χ1v) is 8.44. The molecule has 0 aliphatic carbocycles. The average Bonchev–Trinajstić information content (AvgIpc) is 3.19. The van der Waals surface area contributed by atoms with Crippen molar-refractivity contribution in [1.82, 2.24) is 10.3 Å². The molecule has 3 aromatic rings. The van der Waals surface area contributed by atoms with Crippen LogP contribution in [0.3, 0.4) is 0 Å². The van der Waals surface area contributed by atoms with Crippen LogP contribution >= 0.6 is 15.9 Å². The topological polar surface area (TPSA) is 84.2 Å². The molecule has 6 nitrogen and oxygen atoms in total. The van der Waals surface area contributed by atoms with Gasteiger partial charge in [0, 0.05) is 22.6 Å². The number of nitrogens with one attached hydrogen (secondary N) is 2. The third-order valence-electron chi connectivity index (χ3n) is 3.34.